The first kappa shape index (κ1) is 17.9. The lowest BCUT2D eigenvalue weighted by Crippen LogP contribution is -2.55. The van der Waals surface area contributed by atoms with E-state index in [1.54, 1.807) is 0 Å². The van der Waals surface area contributed by atoms with Gasteiger partial charge in [-0.1, -0.05) is 0 Å². The molecular formula is C14H21N5O5. The van der Waals surface area contributed by atoms with Gasteiger partial charge in [0.25, 0.3) is 0 Å². The van der Waals surface area contributed by atoms with Crippen LogP contribution >= 0.6 is 0 Å². The van der Waals surface area contributed by atoms with Crippen LogP contribution in [0.3, 0.4) is 0 Å². The highest BCUT2D eigenvalue weighted by molar-refractivity contribution is 5.92. The molecule has 132 valence electrons. The van der Waals surface area contributed by atoms with Crippen molar-refractivity contribution in [1.29, 1.82) is 0 Å². The molecule has 0 bridgehead atoms. The zero-order valence-electron chi connectivity index (χ0n) is 13.0. The number of nitrogens with two attached hydrogens (primary N) is 1. The van der Waals surface area contributed by atoms with Crippen LogP contribution in [0.25, 0.3) is 0 Å². The van der Waals surface area contributed by atoms with E-state index in [9.17, 15) is 19.5 Å². The van der Waals surface area contributed by atoms with Crippen LogP contribution in [0.15, 0.2) is 12.5 Å². The fraction of sp³-hybridized carbons (Fsp3) is 0.571. The van der Waals surface area contributed by atoms with Crippen LogP contribution < -0.4 is 11.1 Å². The van der Waals surface area contributed by atoms with Crippen molar-refractivity contribution in [3.63, 3.8) is 0 Å². The average molecular weight is 339 g/mol. The number of aromatic amines is 1. The van der Waals surface area contributed by atoms with E-state index < -0.39 is 42.5 Å². The van der Waals surface area contributed by atoms with Crippen molar-refractivity contribution in [2.24, 2.45) is 5.73 Å². The third kappa shape index (κ3) is 4.09. The Morgan fingerprint density at radius 2 is 2.25 bits per heavy atom. The van der Waals surface area contributed by atoms with Crippen molar-refractivity contribution >= 4 is 17.8 Å². The van der Waals surface area contributed by atoms with Crippen LogP contribution in [0.1, 0.15) is 18.5 Å². The van der Waals surface area contributed by atoms with E-state index in [4.69, 9.17) is 10.8 Å². The third-order valence-corrected chi connectivity index (χ3v) is 3.95. The Kier molecular flexibility index (Phi) is 5.88. The molecule has 0 spiro atoms. The largest absolute Gasteiger partial charge is 0.480 e. The first-order valence-electron chi connectivity index (χ1n) is 7.61. The van der Waals surface area contributed by atoms with Gasteiger partial charge < -0.3 is 31.1 Å². The van der Waals surface area contributed by atoms with E-state index >= 15 is 0 Å². The number of imidazole rings is 1. The number of aromatic nitrogens is 2. The van der Waals surface area contributed by atoms with Gasteiger partial charge in [-0.3, -0.25) is 9.59 Å². The summed E-state index contributed by atoms with van der Waals surface area (Å²) in [6.45, 7) is -0.241. The van der Waals surface area contributed by atoms with Crippen LogP contribution in [0.5, 0.6) is 0 Å². The lowest BCUT2D eigenvalue weighted by molar-refractivity contribution is -0.149. The second-order valence-electron chi connectivity index (χ2n) is 5.66. The number of likely N-dealkylation sites (tertiary alicyclic amines) is 1. The highest BCUT2D eigenvalue weighted by atomic mass is 16.4. The number of hydrogen-bond acceptors (Lipinski definition) is 6. The Bertz CT molecular complexity index is 590. The summed E-state index contributed by atoms with van der Waals surface area (Å²) >= 11 is 0. The number of nitrogens with zero attached hydrogens (tertiary/aromatic N) is 2. The van der Waals surface area contributed by atoms with E-state index in [0.717, 1.165) is 0 Å². The summed E-state index contributed by atoms with van der Waals surface area (Å²) < 4.78 is 0. The second-order valence-corrected chi connectivity index (χ2v) is 5.66. The summed E-state index contributed by atoms with van der Waals surface area (Å²) in [5, 5.41) is 20.7. The van der Waals surface area contributed by atoms with Crippen LogP contribution in [-0.2, 0) is 20.8 Å². The van der Waals surface area contributed by atoms with Gasteiger partial charge in [0, 0.05) is 24.9 Å². The monoisotopic (exact) mass is 339 g/mol. The number of nitrogens with one attached hydrogen (secondary N) is 2. The average Bonchev–Trinajstić information content (AvgIpc) is 3.23. The first-order valence-corrected chi connectivity index (χ1v) is 7.61. The molecule has 24 heavy (non-hydrogen) atoms. The minimum atomic E-state index is -1.16. The molecule has 0 saturated carbocycles. The molecule has 2 amide bonds. The number of carboxylic acid groups (broad SMARTS) is 1. The summed E-state index contributed by atoms with van der Waals surface area (Å²) in [7, 11) is 0. The Morgan fingerprint density at radius 1 is 1.50 bits per heavy atom. The molecule has 1 aliphatic heterocycles. The molecule has 2 rings (SSSR count). The highest BCUT2D eigenvalue weighted by Crippen LogP contribution is 2.19. The van der Waals surface area contributed by atoms with Crippen LogP contribution in [0.2, 0.25) is 0 Å². The fourth-order valence-electron chi connectivity index (χ4n) is 2.67. The predicted octanol–water partition coefficient (Wildman–Crippen LogP) is -2.17. The molecule has 1 saturated heterocycles. The number of aliphatic hydroxyl groups excluding tert-OH is 1. The number of aliphatic carboxylic acids is 1. The number of carbonyl (C=O) groups excluding carboxylic acids is 2. The van der Waals surface area contributed by atoms with Gasteiger partial charge in [-0.2, -0.15) is 0 Å². The molecule has 0 unspecified atom stereocenters. The number of rotatable bonds is 7. The molecule has 1 fully saturated rings. The summed E-state index contributed by atoms with van der Waals surface area (Å²) in [5.74, 6) is -2.24. The molecule has 1 aromatic rings. The number of carbonyl (C=O) groups is 3. The Hall–Kier alpha value is -2.46. The molecule has 0 aromatic carbocycles. The standard InChI is InChI=1S/C14H21N5O5/c15-9(6-20)12(21)18-10(4-8-5-16-7-17-8)13(22)19-3-1-2-11(19)14(23)24/h5,7,9-11,20H,1-4,6,15H2,(H,16,17)(H,18,21)(H,23,24)/t9-,10-,11+/m0/s1. The molecule has 3 atom stereocenters. The summed E-state index contributed by atoms with van der Waals surface area (Å²) in [6, 6.07) is -3.04. The summed E-state index contributed by atoms with van der Waals surface area (Å²) in [6.07, 6.45) is 4.03. The fourth-order valence-corrected chi connectivity index (χ4v) is 2.67. The van der Waals surface area contributed by atoms with Crippen molar-refractivity contribution in [2.75, 3.05) is 13.2 Å². The van der Waals surface area contributed by atoms with Crippen LogP contribution in [0, 0.1) is 0 Å². The van der Waals surface area contributed by atoms with Crippen molar-refractivity contribution in [1.82, 2.24) is 20.2 Å². The zero-order valence-corrected chi connectivity index (χ0v) is 13.0. The summed E-state index contributed by atoms with van der Waals surface area (Å²) in [4.78, 5) is 43.9. The molecule has 2 heterocycles. The van der Waals surface area contributed by atoms with Crippen LogP contribution in [0.4, 0.5) is 0 Å². The van der Waals surface area contributed by atoms with E-state index in [0.29, 0.717) is 25.1 Å². The predicted molar refractivity (Wildman–Crippen MR) is 81.7 cm³/mol. The third-order valence-electron chi connectivity index (χ3n) is 3.95. The number of H-pyrrole nitrogens is 1. The lowest BCUT2D eigenvalue weighted by Gasteiger charge is -2.27. The van der Waals surface area contributed by atoms with Gasteiger partial charge in [0.15, 0.2) is 0 Å². The van der Waals surface area contributed by atoms with Crippen molar-refractivity contribution in [2.45, 2.75) is 37.4 Å². The molecular weight excluding hydrogens is 318 g/mol. The number of amides is 2. The van der Waals surface area contributed by atoms with Gasteiger partial charge in [0.05, 0.1) is 12.9 Å². The smallest absolute Gasteiger partial charge is 0.326 e. The Morgan fingerprint density at radius 3 is 2.83 bits per heavy atom. The van der Waals surface area contributed by atoms with Gasteiger partial charge in [0.2, 0.25) is 11.8 Å². The number of carboxylic acids is 1. The van der Waals surface area contributed by atoms with Crippen molar-refractivity contribution in [3.05, 3.63) is 18.2 Å². The van der Waals surface area contributed by atoms with Crippen LogP contribution in [-0.4, -0.2) is 74.1 Å². The van der Waals surface area contributed by atoms with Gasteiger partial charge in [-0.05, 0) is 12.8 Å². The maximum atomic E-state index is 12.7. The van der Waals surface area contributed by atoms with Gasteiger partial charge >= 0.3 is 5.97 Å². The molecule has 0 aliphatic carbocycles. The minimum absolute atomic E-state index is 0.117. The maximum absolute atomic E-state index is 12.7. The quantitative estimate of drug-likeness (QED) is 0.377. The zero-order chi connectivity index (χ0) is 17.7. The SMILES string of the molecule is N[C@@H](CO)C(=O)N[C@@H](Cc1cnc[nH]1)C(=O)N1CCC[C@@H]1C(=O)O. The lowest BCUT2D eigenvalue weighted by atomic mass is 10.1. The highest BCUT2D eigenvalue weighted by Gasteiger charge is 2.38. The van der Waals surface area contributed by atoms with Gasteiger partial charge in [-0.25, -0.2) is 9.78 Å². The summed E-state index contributed by atoms with van der Waals surface area (Å²) in [5.41, 5.74) is 6.07. The van der Waals surface area contributed by atoms with E-state index in [-0.39, 0.29) is 6.42 Å². The minimum Gasteiger partial charge on any atom is -0.480 e. The van der Waals surface area contributed by atoms with Gasteiger partial charge in [-0.15, -0.1) is 0 Å². The van der Waals surface area contributed by atoms with Gasteiger partial charge in [0.1, 0.15) is 18.1 Å². The Labute approximate surface area is 138 Å². The molecule has 6 N–H and O–H groups in total. The molecule has 1 aliphatic rings. The molecule has 1 aromatic heterocycles. The number of hydrogen-bond donors (Lipinski definition) is 5. The maximum Gasteiger partial charge on any atom is 0.326 e. The molecule has 0 radical (unpaired) electrons. The topological polar surface area (TPSA) is 162 Å². The molecule has 10 nitrogen and oxygen atoms in total. The van der Waals surface area contributed by atoms with E-state index in [1.807, 2.05) is 0 Å². The normalized spacial score (nSPS) is 19.8. The van der Waals surface area contributed by atoms with E-state index in [1.165, 1.54) is 17.4 Å². The van der Waals surface area contributed by atoms with E-state index in [2.05, 4.69) is 15.3 Å². The Balaban J connectivity index is 2.16. The second kappa shape index (κ2) is 7.88. The van der Waals surface area contributed by atoms with Crippen molar-refractivity contribution in [3.8, 4) is 0 Å². The first-order chi connectivity index (χ1) is 11.4. The molecule has 10 heteroatoms. The number of aliphatic hydroxyl groups is 1. The van der Waals surface area contributed by atoms with Crippen molar-refractivity contribution < 1.29 is 24.6 Å².